The molecule has 0 saturated heterocycles. The quantitative estimate of drug-likeness (QED) is 0.396. The predicted molar refractivity (Wildman–Crippen MR) is 46.7 cm³/mol. The van der Waals surface area contributed by atoms with Crippen molar-refractivity contribution in [1.82, 2.24) is 5.32 Å². The third-order valence-electron chi connectivity index (χ3n) is 1.00. The van der Waals surface area contributed by atoms with Crippen LogP contribution in [0.4, 0.5) is 0 Å². The molecule has 0 unspecified atom stereocenters. The fourth-order valence-electron chi connectivity index (χ4n) is 0.499. The maximum absolute atomic E-state index is 10.0. The monoisotopic (exact) mass is 213 g/mol. The Morgan fingerprint density at radius 3 is 1.47 bits per heavy atom. The zero-order valence-electron chi connectivity index (χ0n) is 7.34. The molecule has 1 aliphatic rings. The third kappa shape index (κ3) is 7.91. The van der Waals surface area contributed by atoms with Gasteiger partial charge in [-0.2, -0.15) is 0 Å². The lowest BCUT2D eigenvalue weighted by Crippen LogP contribution is -2.19. The fraction of sp³-hybridized carbons (Fsp3) is 0. The molecule has 0 radical (unpaired) electrons. The van der Waals surface area contributed by atoms with E-state index in [1.807, 2.05) is 5.32 Å². The molecule has 0 fully saturated rings. The molecule has 1 heterocycles. The van der Waals surface area contributed by atoms with Crippen LogP contribution in [0.5, 0.6) is 0 Å². The van der Waals surface area contributed by atoms with Gasteiger partial charge < -0.3 is 10.2 Å². The first-order valence-corrected chi connectivity index (χ1v) is 3.59. The number of aliphatic carboxylic acids is 2. The van der Waals surface area contributed by atoms with E-state index in [2.05, 4.69) is 0 Å². The van der Waals surface area contributed by atoms with Gasteiger partial charge in [0.25, 0.3) is 11.8 Å². The summed E-state index contributed by atoms with van der Waals surface area (Å²) in [6.45, 7) is 0. The minimum Gasteiger partial charge on any atom is -0.478 e. The van der Waals surface area contributed by atoms with Crippen LogP contribution in [0.1, 0.15) is 0 Å². The SMILES string of the molecule is O=C(O)C=CC(=O)O.O=C1C=CC(=O)N1. The Morgan fingerprint density at radius 1 is 1.00 bits per heavy atom. The number of carboxylic acids is 2. The van der Waals surface area contributed by atoms with Gasteiger partial charge in [-0.25, -0.2) is 9.59 Å². The third-order valence-corrected chi connectivity index (χ3v) is 1.00. The summed E-state index contributed by atoms with van der Waals surface area (Å²) in [6, 6.07) is 0. The van der Waals surface area contributed by atoms with E-state index in [9.17, 15) is 19.2 Å². The second-order valence-corrected chi connectivity index (χ2v) is 2.20. The molecule has 80 valence electrons. The minimum absolute atomic E-state index is 0.329. The molecular weight excluding hydrogens is 206 g/mol. The van der Waals surface area contributed by atoms with Crippen molar-refractivity contribution in [3.05, 3.63) is 24.3 Å². The van der Waals surface area contributed by atoms with Gasteiger partial charge in [-0.1, -0.05) is 0 Å². The van der Waals surface area contributed by atoms with Crippen LogP contribution >= 0.6 is 0 Å². The number of imide groups is 1. The number of carbonyl (C=O) groups is 4. The van der Waals surface area contributed by atoms with Crippen LogP contribution in [-0.4, -0.2) is 34.0 Å². The van der Waals surface area contributed by atoms with Crippen LogP contribution in [0.15, 0.2) is 24.3 Å². The molecule has 1 rings (SSSR count). The molecule has 7 nitrogen and oxygen atoms in total. The predicted octanol–water partition coefficient (Wildman–Crippen LogP) is -1.09. The average Bonchev–Trinajstić information content (AvgIpc) is 2.47. The second-order valence-electron chi connectivity index (χ2n) is 2.20. The van der Waals surface area contributed by atoms with Crippen LogP contribution in [0.25, 0.3) is 0 Å². The summed E-state index contributed by atoms with van der Waals surface area (Å²) < 4.78 is 0. The van der Waals surface area contributed by atoms with Gasteiger partial charge in [0.15, 0.2) is 0 Å². The first kappa shape index (κ1) is 12.6. The standard InChI is InChI=1S/C4H3NO2.C4H4O4/c6-3-1-2-4(7)5-3;5-3(6)1-2-4(7)8/h1-2H,(H,5,6,7);1-2H,(H,5,6)(H,7,8). The molecule has 0 aromatic rings. The van der Waals surface area contributed by atoms with Gasteiger partial charge in [-0.05, 0) is 0 Å². The molecule has 3 N–H and O–H groups in total. The van der Waals surface area contributed by atoms with E-state index in [4.69, 9.17) is 10.2 Å². The van der Waals surface area contributed by atoms with Gasteiger partial charge in [0.05, 0.1) is 0 Å². The molecule has 0 atom stereocenters. The van der Waals surface area contributed by atoms with E-state index in [-0.39, 0.29) is 11.8 Å². The Bertz CT molecular complexity index is 322. The first-order chi connectivity index (χ1) is 6.91. The molecule has 0 aliphatic carbocycles. The highest BCUT2D eigenvalue weighted by atomic mass is 16.4. The van der Waals surface area contributed by atoms with E-state index >= 15 is 0 Å². The summed E-state index contributed by atoms with van der Waals surface area (Å²) in [7, 11) is 0. The number of nitrogens with one attached hydrogen (secondary N) is 1. The summed E-state index contributed by atoms with van der Waals surface area (Å²) in [5.74, 6) is -3.17. The van der Waals surface area contributed by atoms with Gasteiger partial charge in [-0.15, -0.1) is 0 Å². The topological polar surface area (TPSA) is 121 Å². The van der Waals surface area contributed by atoms with Crippen LogP contribution in [-0.2, 0) is 19.2 Å². The summed E-state index contributed by atoms with van der Waals surface area (Å²) >= 11 is 0. The number of rotatable bonds is 2. The molecule has 1 aliphatic heterocycles. The summed E-state index contributed by atoms with van der Waals surface area (Å²) in [6.07, 6.45) is 3.51. The van der Waals surface area contributed by atoms with E-state index < -0.39 is 11.9 Å². The Hall–Kier alpha value is -2.44. The van der Waals surface area contributed by atoms with E-state index in [0.717, 1.165) is 0 Å². The zero-order chi connectivity index (χ0) is 11.8. The van der Waals surface area contributed by atoms with Crippen molar-refractivity contribution < 1.29 is 29.4 Å². The van der Waals surface area contributed by atoms with Crippen molar-refractivity contribution in [2.24, 2.45) is 0 Å². The van der Waals surface area contributed by atoms with Gasteiger partial charge in [-0.3, -0.25) is 14.9 Å². The van der Waals surface area contributed by atoms with Crippen LogP contribution in [0.2, 0.25) is 0 Å². The molecule has 0 bridgehead atoms. The smallest absolute Gasteiger partial charge is 0.328 e. The largest absolute Gasteiger partial charge is 0.478 e. The average molecular weight is 213 g/mol. The lowest BCUT2D eigenvalue weighted by atomic mass is 10.5. The highest BCUT2D eigenvalue weighted by Gasteiger charge is 2.06. The van der Waals surface area contributed by atoms with Crippen molar-refractivity contribution >= 4 is 23.8 Å². The number of carboxylic acid groups (broad SMARTS) is 2. The van der Waals surface area contributed by atoms with E-state index in [0.29, 0.717) is 12.2 Å². The zero-order valence-corrected chi connectivity index (χ0v) is 7.34. The van der Waals surface area contributed by atoms with Crippen molar-refractivity contribution in [2.75, 3.05) is 0 Å². The van der Waals surface area contributed by atoms with Crippen molar-refractivity contribution in [3.8, 4) is 0 Å². The molecule has 0 saturated carbocycles. The lowest BCUT2D eigenvalue weighted by molar-refractivity contribution is -0.134. The summed E-state index contributed by atoms with van der Waals surface area (Å²) in [5.41, 5.74) is 0. The summed E-state index contributed by atoms with van der Waals surface area (Å²) in [4.78, 5) is 39.2. The maximum Gasteiger partial charge on any atom is 0.328 e. The van der Waals surface area contributed by atoms with Crippen molar-refractivity contribution in [1.29, 1.82) is 0 Å². The first-order valence-electron chi connectivity index (χ1n) is 3.59. The van der Waals surface area contributed by atoms with Crippen molar-refractivity contribution in [3.63, 3.8) is 0 Å². The van der Waals surface area contributed by atoms with Crippen LogP contribution < -0.4 is 5.32 Å². The van der Waals surface area contributed by atoms with Gasteiger partial charge in [0.2, 0.25) is 0 Å². The normalized spacial score (nSPS) is 13.3. The Kier molecular flexibility index (Phi) is 5.09. The molecular formula is C8H7NO6. The van der Waals surface area contributed by atoms with Gasteiger partial charge >= 0.3 is 11.9 Å². The fourth-order valence-corrected chi connectivity index (χ4v) is 0.499. The van der Waals surface area contributed by atoms with E-state index in [1.165, 1.54) is 12.2 Å². The maximum atomic E-state index is 10.0. The van der Waals surface area contributed by atoms with Crippen molar-refractivity contribution in [2.45, 2.75) is 0 Å². The highest BCUT2D eigenvalue weighted by molar-refractivity contribution is 6.12. The number of hydrogen-bond acceptors (Lipinski definition) is 4. The molecule has 0 aromatic carbocycles. The Labute approximate surface area is 83.7 Å². The second kappa shape index (κ2) is 6.08. The number of hydrogen-bond donors (Lipinski definition) is 3. The number of amides is 2. The molecule has 15 heavy (non-hydrogen) atoms. The van der Waals surface area contributed by atoms with Gasteiger partial charge in [0, 0.05) is 24.3 Å². The minimum atomic E-state index is -1.26. The molecule has 0 aromatic heterocycles. The van der Waals surface area contributed by atoms with Crippen LogP contribution in [0, 0.1) is 0 Å². The lowest BCUT2D eigenvalue weighted by Gasteiger charge is -1.80. The molecule has 2 amide bonds. The van der Waals surface area contributed by atoms with E-state index in [1.54, 1.807) is 0 Å². The highest BCUT2D eigenvalue weighted by Crippen LogP contribution is 1.82. The van der Waals surface area contributed by atoms with Crippen LogP contribution in [0.3, 0.4) is 0 Å². The summed E-state index contributed by atoms with van der Waals surface area (Å²) in [5, 5.41) is 17.7. The Balaban J connectivity index is 0.000000262. The molecule has 7 heteroatoms. The molecule has 0 spiro atoms. The number of carbonyl (C=O) groups excluding carboxylic acids is 2. The van der Waals surface area contributed by atoms with Gasteiger partial charge in [0.1, 0.15) is 0 Å². The Morgan fingerprint density at radius 2 is 1.33 bits per heavy atom.